The molecule has 0 unspecified atom stereocenters. The van der Waals surface area contributed by atoms with Crippen LogP contribution < -0.4 is 0 Å². The van der Waals surface area contributed by atoms with Gasteiger partial charge in [-0.25, -0.2) is 0 Å². The first-order valence-electron chi connectivity index (χ1n) is 5.46. The number of carbonyl (C=O) groups is 3. The van der Waals surface area contributed by atoms with Gasteiger partial charge in [-0.05, 0) is 26.8 Å². The van der Waals surface area contributed by atoms with Gasteiger partial charge in [-0.3, -0.25) is 19.5 Å². The molecule has 2 aromatic rings. The third-order valence-corrected chi connectivity index (χ3v) is 2.85. The normalized spacial score (nSPS) is 10.6. The van der Waals surface area contributed by atoms with Gasteiger partial charge in [-0.15, -0.1) is 0 Å². The minimum absolute atomic E-state index is 0.179. The van der Waals surface area contributed by atoms with E-state index < -0.39 is 0 Å². The minimum Gasteiger partial charge on any atom is -0.294 e. The molecule has 0 atom stereocenters. The summed E-state index contributed by atoms with van der Waals surface area (Å²) < 4.78 is 0. The Labute approximate surface area is 103 Å². The molecule has 0 spiro atoms. The van der Waals surface area contributed by atoms with E-state index in [0.29, 0.717) is 22.0 Å². The van der Waals surface area contributed by atoms with Crippen molar-refractivity contribution in [3.63, 3.8) is 0 Å². The standard InChI is InChI=1S/C13H12N2O3/c1-6(16)9-4-10(7(2)17)13-11(5-14-15-13)12(9)8(3)18/h4-5H,1-3H3,(H,14,15). The summed E-state index contributed by atoms with van der Waals surface area (Å²) in [5.74, 6) is -0.644. The number of hydrogen-bond acceptors (Lipinski definition) is 4. The number of nitrogens with one attached hydrogen (secondary N) is 1. The number of nitrogens with zero attached hydrogens (tertiary/aromatic N) is 1. The maximum atomic E-state index is 11.7. The van der Waals surface area contributed by atoms with Gasteiger partial charge >= 0.3 is 0 Å². The van der Waals surface area contributed by atoms with Crippen LogP contribution in [-0.2, 0) is 0 Å². The number of rotatable bonds is 3. The van der Waals surface area contributed by atoms with Gasteiger partial charge in [0.1, 0.15) is 0 Å². The van der Waals surface area contributed by atoms with Crippen molar-refractivity contribution in [2.45, 2.75) is 20.8 Å². The van der Waals surface area contributed by atoms with Crippen LogP contribution in [-0.4, -0.2) is 27.5 Å². The lowest BCUT2D eigenvalue weighted by Crippen LogP contribution is -2.08. The number of H-pyrrole nitrogens is 1. The van der Waals surface area contributed by atoms with Gasteiger partial charge in [-0.2, -0.15) is 5.10 Å². The molecule has 1 aromatic heterocycles. The maximum absolute atomic E-state index is 11.7. The van der Waals surface area contributed by atoms with Crippen molar-refractivity contribution in [3.8, 4) is 0 Å². The van der Waals surface area contributed by atoms with Crippen LogP contribution in [0.25, 0.3) is 10.9 Å². The number of ketones is 3. The van der Waals surface area contributed by atoms with Crippen LogP contribution in [0.2, 0.25) is 0 Å². The first-order valence-corrected chi connectivity index (χ1v) is 5.46. The Hall–Kier alpha value is -2.30. The topological polar surface area (TPSA) is 79.9 Å². The second-order valence-electron chi connectivity index (χ2n) is 4.17. The highest BCUT2D eigenvalue weighted by atomic mass is 16.1. The van der Waals surface area contributed by atoms with Crippen LogP contribution in [0.15, 0.2) is 12.3 Å². The van der Waals surface area contributed by atoms with Gasteiger partial charge in [0.05, 0.1) is 11.7 Å². The smallest absolute Gasteiger partial charge is 0.161 e. The average Bonchev–Trinajstić information content (AvgIpc) is 2.73. The zero-order valence-corrected chi connectivity index (χ0v) is 10.3. The highest BCUT2D eigenvalue weighted by Gasteiger charge is 2.20. The van der Waals surface area contributed by atoms with Crippen molar-refractivity contribution in [1.82, 2.24) is 10.2 Å². The molecule has 1 aromatic carbocycles. The Morgan fingerprint density at radius 1 is 1.00 bits per heavy atom. The Bertz CT molecular complexity index is 683. The van der Waals surface area contributed by atoms with Gasteiger partial charge in [0.25, 0.3) is 0 Å². The zero-order valence-electron chi connectivity index (χ0n) is 10.3. The summed E-state index contributed by atoms with van der Waals surface area (Å²) in [5.41, 5.74) is 1.45. The van der Waals surface area contributed by atoms with Gasteiger partial charge in [0, 0.05) is 22.1 Å². The van der Waals surface area contributed by atoms with Crippen LogP contribution >= 0.6 is 0 Å². The fourth-order valence-corrected chi connectivity index (χ4v) is 2.05. The number of fused-ring (bicyclic) bond motifs is 1. The first-order chi connectivity index (χ1) is 8.43. The summed E-state index contributed by atoms with van der Waals surface area (Å²) >= 11 is 0. The van der Waals surface area contributed by atoms with Crippen molar-refractivity contribution < 1.29 is 14.4 Å². The molecule has 0 saturated carbocycles. The Morgan fingerprint density at radius 3 is 2.11 bits per heavy atom. The molecule has 1 heterocycles. The van der Waals surface area contributed by atoms with Gasteiger partial charge < -0.3 is 0 Å². The molecular weight excluding hydrogens is 232 g/mol. The maximum Gasteiger partial charge on any atom is 0.161 e. The molecule has 18 heavy (non-hydrogen) atoms. The number of hydrogen-bond donors (Lipinski definition) is 1. The van der Waals surface area contributed by atoms with Crippen molar-refractivity contribution in [2.24, 2.45) is 0 Å². The molecule has 0 aliphatic carbocycles. The molecule has 0 fully saturated rings. The number of carbonyl (C=O) groups excluding carboxylic acids is 3. The predicted molar refractivity (Wildman–Crippen MR) is 66.1 cm³/mol. The van der Waals surface area contributed by atoms with Gasteiger partial charge in [-0.1, -0.05) is 0 Å². The first kappa shape index (κ1) is 12.2. The van der Waals surface area contributed by atoms with Crippen LogP contribution in [0, 0.1) is 0 Å². The summed E-state index contributed by atoms with van der Waals surface area (Å²) in [6.07, 6.45) is 1.46. The third-order valence-electron chi connectivity index (χ3n) is 2.85. The second-order valence-corrected chi connectivity index (χ2v) is 4.17. The summed E-state index contributed by atoms with van der Waals surface area (Å²) in [7, 11) is 0. The lowest BCUT2D eigenvalue weighted by molar-refractivity contribution is 0.0980. The molecule has 0 saturated heterocycles. The molecule has 0 aliphatic heterocycles. The van der Waals surface area contributed by atoms with Crippen molar-refractivity contribution >= 4 is 28.3 Å². The van der Waals surface area contributed by atoms with E-state index in [1.807, 2.05) is 0 Å². The van der Waals surface area contributed by atoms with Gasteiger partial charge in [0.15, 0.2) is 17.3 Å². The minimum atomic E-state index is -0.245. The summed E-state index contributed by atoms with van der Waals surface area (Å²) in [6, 6.07) is 1.46. The van der Waals surface area contributed by atoms with E-state index in [9.17, 15) is 14.4 Å². The monoisotopic (exact) mass is 244 g/mol. The third kappa shape index (κ3) is 1.73. The van der Waals surface area contributed by atoms with Crippen LogP contribution in [0.4, 0.5) is 0 Å². The molecule has 1 N–H and O–H groups in total. The number of benzene rings is 1. The SMILES string of the molecule is CC(=O)c1cc(C(C)=O)c2[nH]ncc2c1C(C)=O. The van der Waals surface area contributed by atoms with Crippen LogP contribution in [0.3, 0.4) is 0 Å². The van der Waals surface area contributed by atoms with E-state index in [0.717, 1.165) is 0 Å². The van der Waals surface area contributed by atoms with Gasteiger partial charge in [0.2, 0.25) is 0 Å². The molecule has 0 amide bonds. The van der Waals surface area contributed by atoms with E-state index in [4.69, 9.17) is 0 Å². The molecular formula is C13H12N2O3. The van der Waals surface area contributed by atoms with Crippen LogP contribution in [0.5, 0.6) is 0 Å². The Morgan fingerprint density at radius 2 is 1.61 bits per heavy atom. The van der Waals surface area contributed by atoms with Crippen molar-refractivity contribution in [1.29, 1.82) is 0 Å². The lowest BCUT2D eigenvalue weighted by Gasteiger charge is -2.08. The molecule has 0 radical (unpaired) electrons. The van der Waals surface area contributed by atoms with E-state index >= 15 is 0 Å². The Balaban J connectivity index is 2.97. The van der Waals surface area contributed by atoms with E-state index in [1.165, 1.54) is 33.0 Å². The molecule has 5 heteroatoms. The van der Waals surface area contributed by atoms with E-state index in [2.05, 4.69) is 10.2 Å². The fourth-order valence-electron chi connectivity index (χ4n) is 2.05. The number of aromatic nitrogens is 2. The molecule has 92 valence electrons. The average molecular weight is 244 g/mol. The lowest BCUT2D eigenvalue weighted by atomic mass is 9.93. The second kappa shape index (κ2) is 4.18. The van der Waals surface area contributed by atoms with Crippen molar-refractivity contribution in [2.75, 3.05) is 0 Å². The summed E-state index contributed by atoms with van der Waals surface area (Å²) in [4.78, 5) is 34.9. The predicted octanol–water partition coefficient (Wildman–Crippen LogP) is 2.17. The molecule has 0 bridgehead atoms. The summed E-state index contributed by atoms with van der Waals surface area (Å²) in [5, 5.41) is 7.06. The highest BCUT2D eigenvalue weighted by molar-refractivity contribution is 6.19. The molecule has 0 aliphatic rings. The zero-order chi connectivity index (χ0) is 13.4. The highest BCUT2D eigenvalue weighted by Crippen LogP contribution is 2.26. The van der Waals surface area contributed by atoms with Crippen LogP contribution in [0.1, 0.15) is 51.8 Å². The largest absolute Gasteiger partial charge is 0.294 e. The van der Waals surface area contributed by atoms with E-state index in [-0.39, 0.29) is 22.9 Å². The fraction of sp³-hybridized carbons (Fsp3) is 0.231. The Kier molecular flexibility index (Phi) is 2.82. The number of aromatic amines is 1. The number of Topliss-reactive ketones (excluding diaryl/α,β-unsaturated/α-hetero) is 3. The molecule has 5 nitrogen and oxygen atoms in total. The quantitative estimate of drug-likeness (QED) is 0.839. The van der Waals surface area contributed by atoms with Crippen molar-refractivity contribution in [3.05, 3.63) is 29.0 Å². The molecule has 2 rings (SSSR count). The van der Waals surface area contributed by atoms with E-state index in [1.54, 1.807) is 0 Å². The summed E-state index contributed by atoms with van der Waals surface area (Å²) in [6.45, 7) is 4.17.